The Morgan fingerprint density at radius 2 is 1.92 bits per heavy atom. The molecule has 1 heterocycles. The van der Waals surface area contributed by atoms with Gasteiger partial charge in [0, 0.05) is 24.0 Å². The third-order valence-corrected chi connectivity index (χ3v) is 4.36. The number of carbonyl (C=O) groups is 1. The van der Waals surface area contributed by atoms with Gasteiger partial charge in [0.15, 0.2) is 0 Å². The van der Waals surface area contributed by atoms with Crippen molar-refractivity contribution in [3.8, 4) is 17.2 Å². The van der Waals surface area contributed by atoms with Crippen LogP contribution in [0.2, 0.25) is 0 Å². The highest BCUT2D eigenvalue weighted by atomic mass is 16.2. The van der Waals surface area contributed by atoms with Crippen LogP contribution in [-0.2, 0) is 10.2 Å². The highest BCUT2D eigenvalue weighted by molar-refractivity contribution is 5.87. The van der Waals surface area contributed by atoms with Gasteiger partial charge < -0.3 is 5.32 Å². The molecule has 0 spiro atoms. The van der Waals surface area contributed by atoms with E-state index in [4.69, 9.17) is 5.26 Å². The number of pyridine rings is 1. The number of nitrogens with one attached hydrogen (secondary N) is 1. The quantitative estimate of drug-likeness (QED) is 0.910. The lowest BCUT2D eigenvalue weighted by Crippen LogP contribution is -2.43. The summed E-state index contributed by atoms with van der Waals surface area (Å²) in [5.41, 5.74) is 2.75. The molecule has 4 heteroatoms. The first-order valence-electron chi connectivity index (χ1n) is 8.15. The number of nitrogens with zero attached hydrogens (tertiary/aromatic N) is 2. The monoisotopic (exact) mass is 321 g/mol. The second-order valence-corrected chi connectivity index (χ2v) is 6.56. The van der Waals surface area contributed by atoms with Crippen LogP contribution in [0.1, 0.15) is 45.2 Å². The second-order valence-electron chi connectivity index (χ2n) is 6.56. The van der Waals surface area contributed by atoms with Crippen molar-refractivity contribution >= 4 is 5.91 Å². The summed E-state index contributed by atoms with van der Waals surface area (Å²) in [7, 11) is 0. The molecule has 0 saturated heterocycles. The van der Waals surface area contributed by atoms with Crippen LogP contribution in [0.4, 0.5) is 0 Å². The third kappa shape index (κ3) is 3.80. The van der Waals surface area contributed by atoms with Crippen molar-refractivity contribution in [2.24, 2.45) is 0 Å². The predicted molar refractivity (Wildman–Crippen MR) is 95.3 cm³/mol. The smallest absolute Gasteiger partial charge is 0.230 e. The van der Waals surface area contributed by atoms with Crippen molar-refractivity contribution in [1.82, 2.24) is 10.3 Å². The zero-order valence-corrected chi connectivity index (χ0v) is 14.6. The van der Waals surface area contributed by atoms with Gasteiger partial charge in [0.2, 0.25) is 5.91 Å². The van der Waals surface area contributed by atoms with Crippen LogP contribution in [0, 0.1) is 11.3 Å². The highest BCUT2D eigenvalue weighted by Crippen LogP contribution is 2.27. The molecule has 0 radical (unpaired) electrons. The topological polar surface area (TPSA) is 65.8 Å². The van der Waals surface area contributed by atoms with E-state index in [2.05, 4.69) is 23.3 Å². The van der Waals surface area contributed by atoms with Gasteiger partial charge in [0.05, 0.1) is 11.0 Å². The number of aromatic nitrogens is 1. The van der Waals surface area contributed by atoms with E-state index in [9.17, 15) is 4.79 Å². The maximum atomic E-state index is 12.5. The van der Waals surface area contributed by atoms with Crippen LogP contribution in [0.15, 0.2) is 42.7 Å². The molecule has 124 valence electrons. The Bertz CT molecular complexity index is 757. The first kappa shape index (κ1) is 17.7. The van der Waals surface area contributed by atoms with E-state index >= 15 is 0 Å². The Labute approximate surface area is 143 Å². The molecular weight excluding hydrogens is 298 g/mol. The summed E-state index contributed by atoms with van der Waals surface area (Å²) in [4.78, 5) is 16.6. The van der Waals surface area contributed by atoms with Gasteiger partial charge in [-0.2, -0.15) is 5.26 Å². The third-order valence-electron chi connectivity index (χ3n) is 4.36. The zero-order valence-electron chi connectivity index (χ0n) is 14.6. The summed E-state index contributed by atoms with van der Waals surface area (Å²) in [6, 6.07) is 11.9. The van der Waals surface area contributed by atoms with Crippen molar-refractivity contribution in [2.75, 3.05) is 0 Å². The fourth-order valence-corrected chi connectivity index (χ4v) is 2.38. The van der Waals surface area contributed by atoms with Crippen LogP contribution in [0.25, 0.3) is 11.1 Å². The maximum absolute atomic E-state index is 12.5. The van der Waals surface area contributed by atoms with Crippen molar-refractivity contribution < 1.29 is 4.79 Å². The summed E-state index contributed by atoms with van der Waals surface area (Å²) < 4.78 is 0. The van der Waals surface area contributed by atoms with Gasteiger partial charge in [-0.15, -0.1) is 0 Å². The zero-order chi connectivity index (χ0) is 17.7. The number of hydrogen-bond acceptors (Lipinski definition) is 3. The molecule has 1 aromatic carbocycles. The summed E-state index contributed by atoms with van der Waals surface area (Å²) in [5.74, 6) is 0.0257. The van der Waals surface area contributed by atoms with E-state index < -0.39 is 5.41 Å². The van der Waals surface area contributed by atoms with Crippen molar-refractivity contribution in [1.29, 1.82) is 5.26 Å². The Hall–Kier alpha value is -2.67. The van der Waals surface area contributed by atoms with Gasteiger partial charge in [-0.1, -0.05) is 31.2 Å². The number of nitriles is 1. The molecule has 1 N–H and O–H groups in total. The molecule has 0 bridgehead atoms. The summed E-state index contributed by atoms with van der Waals surface area (Å²) in [6.45, 7) is 7.91. The average molecular weight is 321 g/mol. The SMILES string of the molecule is CC[C@@H](C)NC(=O)C(C)(C)c1ccc(-c2cncc(C#N)c2)cc1. The lowest BCUT2D eigenvalue weighted by molar-refractivity contribution is -0.126. The predicted octanol–water partition coefficient (Wildman–Crippen LogP) is 3.81. The van der Waals surface area contributed by atoms with Crippen LogP contribution in [0.5, 0.6) is 0 Å². The van der Waals surface area contributed by atoms with Gasteiger partial charge in [0.25, 0.3) is 0 Å². The fraction of sp³-hybridized carbons (Fsp3) is 0.350. The maximum Gasteiger partial charge on any atom is 0.230 e. The highest BCUT2D eigenvalue weighted by Gasteiger charge is 2.30. The van der Waals surface area contributed by atoms with E-state index in [0.717, 1.165) is 23.1 Å². The van der Waals surface area contributed by atoms with Crippen molar-refractivity contribution in [2.45, 2.75) is 45.6 Å². The molecule has 2 rings (SSSR count). The molecule has 0 fully saturated rings. The average Bonchev–Trinajstić information content (AvgIpc) is 2.61. The van der Waals surface area contributed by atoms with E-state index in [0.29, 0.717) is 5.56 Å². The number of hydrogen-bond donors (Lipinski definition) is 1. The molecule has 1 atom stereocenters. The van der Waals surface area contributed by atoms with Gasteiger partial charge in [-0.3, -0.25) is 9.78 Å². The van der Waals surface area contributed by atoms with Crippen LogP contribution < -0.4 is 5.32 Å². The molecule has 1 amide bonds. The number of benzene rings is 1. The molecule has 0 aliphatic rings. The summed E-state index contributed by atoms with van der Waals surface area (Å²) in [5, 5.41) is 12.0. The minimum absolute atomic E-state index is 0.0257. The Balaban J connectivity index is 2.25. The van der Waals surface area contributed by atoms with Gasteiger partial charge in [-0.25, -0.2) is 0 Å². The number of rotatable bonds is 5. The Morgan fingerprint density at radius 3 is 2.50 bits per heavy atom. The fourth-order valence-electron chi connectivity index (χ4n) is 2.38. The lowest BCUT2D eigenvalue weighted by atomic mass is 9.83. The summed E-state index contributed by atoms with van der Waals surface area (Å²) in [6.07, 6.45) is 4.18. The summed E-state index contributed by atoms with van der Waals surface area (Å²) >= 11 is 0. The van der Waals surface area contributed by atoms with Crippen LogP contribution in [0.3, 0.4) is 0 Å². The van der Waals surface area contributed by atoms with Crippen LogP contribution in [-0.4, -0.2) is 16.9 Å². The van der Waals surface area contributed by atoms with Gasteiger partial charge in [-0.05, 0) is 44.4 Å². The van der Waals surface area contributed by atoms with Gasteiger partial charge >= 0.3 is 0 Å². The Morgan fingerprint density at radius 1 is 1.25 bits per heavy atom. The van der Waals surface area contributed by atoms with Gasteiger partial charge in [0.1, 0.15) is 6.07 Å². The Kier molecular flexibility index (Phi) is 5.35. The molecule has 2 aromatic rings. The molecule has 0 aliphatic carbocycles. The largest absolute Gasteiger partial charge is 0.353 e. The molecule has 0 saturated carbocycles. The number of carbonyl (C=O) groups excluding carboxylic acids is 1. The number of amides is 1. The van der Waals surface area contributed by atoms with E-state index in [1.165, 1.54) is 0 Å². The molecular formula is C20H23N3O. The van der Waals surface area contributed by atoms with Crippen molar-refractivity contribution in [3.63, 3.8) is 0 Å². The van der Waals surface area contributed by atoms with E-state index in [1.807, 2.05) is 51.1 Å². The normalized spacial score (nSPS) is 12.3. The van der Waals surface area contributed by atoms with E-state index in [-0.39, 0.29) is 11.9 Å². The standard InChI is InChI=1S/C20H23N3O/c1-5-14(2)23-19(24)20(3,4)18-8-6-16(7-9-18)17-10-15(11-21)12-22-13-17/h6-10,12-14H,5H2,1-4H3,(H,23,24)/t14-/m1/s1. The minimum Gasteiger partial charge on any atom is -0.353 e. The second kappa shape index (κ2) is 7.27. The molecule has 0 aliphatic heterocycles. The van der Waals surface area contributed by atoms with Crippen LogP contribution >= 0.6 is 0 Å². The molecule has 4 nitrogen and oxygen atoms in total. The van der Waals surface area contributed by atoms with Crippen molar-refractivity contribution in [3.05, 3.63) is 53.9 Å². The molecule has 1 aromatic heterocycles. The minimum atomic E-state index is -0.602. The van der Waals surface area contributed by atoms with E-state index in [1.54, 1.807) is 12.4 Å². The lowest BCUT2D eigenvalue weighted by Gasteiger charge is -2.26. The first-order chi connectivity index (χ1) is 11.4. The molecule has 0 unspecified atom stereocenters. The molecule has 24 heavy (non-hydrogen) atoms. The first-order valence-corrected chi connectivity index (χ1v) is 8.15.